The highest BCUT2D eigenvalue weighted by Crippen LogP contribution is 2.37. The zero-order valence-corrected chi connectivity index (χ0v) is 12.6. The van der Waals surface area contributed by atoms with E-state index in [-0.39, 0.29) is 5.56 Å². The molecule has 23 heavy (non-hydrogen) atoms. The van der Waals surface area contributed by atoms with Crippen LogP contribution < -0.4 is 0 Å². The molecule has 0 unspecified atom stereocenters. The fourth-order valence-corrected chi connectivity index (χ4v) is 2.54. The number of halogens is 3. The van der Waals surface area contributed by atoms with E-state index in [1.54, 1.807) is 42.6 Å². The number of hydrogen-bond acceptors (Lipinski definition) is 2. The van der Waals surface area contributed by atoms with Gasteiger partial charge in [-0.3, -0.25) is 0 Å². The summed E-state index contributed by atoms with van der Waals surface area (Å²) in [5, 5.41) is 0. The van der Waals surface area contributed by atoms with Crippen LogP contribution in [0.25, 0.3) is 22.4 Å². The van der Waals surface area contributed by atoms with Gasteiger partial charge in [-0.05, 0) is 47.1 Å². The van der Waals surface area contributed by atoms with Crippen molar-refractivity contribution in [2.24, 2.45) is 0 Å². The summed E-state index contributed by atoms with van der Waals surface area (Å²) < 4.78 is 39.9. The van der Waals surface area contributed by atoms with Crippen LogP contribution in [-0.4, -0.2) is 9.97 Å². The third-order valence-corrected chi connectivity index (χ3v) is 3.60. The van der Waals surface area contributed by atoms with E-state index in [9.17, 15) is 13.2 Å². The molecule has 1 aromatic heterocycles. The van der Waals surface area contributed by atoms with Crippen molar-refractivity contribution in [3.05, 3.63) is 71.1 Å². The van der Waals surface area contributed by atoms with Gasteiger partial charge in [-0.15, -0.1) is 0 Å². The molecule has 6 heteroatoms. The number of benzene rings is 2. The van der Waals surface area contributed by atoms with Gasteiger partial charge in [0.05, 0.1) is 5.56 Å². The molecule has 2 aromatic carbocycles. The summed E-state index contributed by atoms with van der Waals surface area (Å²) in [6, 6.07) is 14.1. The summed E-state index contributed by atoms with van der Waals surface area (Å²) in [4.78, 5) is 6.83. The number of alkyl halides is 3. The lowest BCUT2D eigenvalue weighted by atomic mass is 9.97. The van der Waals surface area contributed by atoms with Gasteiger partial charge in [0.1, 0.15) is 0 Å². The lowest BCUT2D eigenvalue weighted by Gasteiger charge is -2.13. The van der Waals surface area contributed by atoms with Crippen molar-refractivity contribution in [3.63, 3.8) is 0 Å². The molecule has 1 N–H and O–H groups in total. The first kappa shape index (κ1) is 15.4. The van der Waals surface area contributed by atoms with E-state index in [1.807, 2.05) is 0 Å². The van der Waals surface area contributed by atoms with E-state index in [0.717, 1.165) is 11.6 Å². The van der Waals surface area contributed by atoms with Crippen molar-refractivity contribution >= 4 is 12.2 Å². The molecule has 0 saturated heterocycles. The number of nitrogens with one attached hydrogen (secondary N) is 1. The Morgan fingerprint density at radius 1 is 0.913 bits per heavy atom. The van der Waals surface area contributed by atoms with Crippen molar-refractivity contribution in [2.45, 2.75) is 6.18 Å². The Hall–Kier alpha value is -2.47. The van der Waals surface area contributed by atoms with Crippen LogP contribution in [0.15, 0.2) is 60.8 Å². The maximum atomic E-state index is 13.2. The van der Waals surface area contributed by atoms with Crippen LogP contribution in [0.3, 0.4) is 0 Å². The van der Waals surface area contributed by atoms with Crippen LogP contribution in [0.5, 0.6) is 0 Å². The minimum Gasteiger partial charge on any atom is -0.330 e. The highest BCUT2D eigenvalue weighted by atomic mass is 32.1. The molecule has 0 aliphatic carbocycles. The smallest absolute Gasteiger partial charge is 0.330 e. The molecule has 0 aliphatic rings. The van der Waals surface area contributed by atoms with Crippen LogP contribution >= 0.6 is 12.2 Å². The van der Waals surface area contributed by atoms with E-state index in [4.69, 9.17) is 12.2 Å². The largest absolute Gasteiger partial charge is 0.417 e. The molecular weight excluding hydrogens is 321 g/mol. The van der Waals surface area contributed by atoms with Crippen molar-refractivity contribution in [1.82, 2.24) is 9.97 Å². The van der Waals surface area contributed by atoms with Crippen LogP contribution in [0.4, 0.5) is 13.2 Å². The molecule has 0 atom stereocenters. The zero-order valence-electron chi connectivity index (χ0n) is 11.8. The van der Waals surface area contributed by atoms with Crippen molar-refractivity contribution < 1.29 is 13.2 Å². The van der Waals surface area contributed by atoms with Gasteiger partial charge in [0.25, 0.3) is 0 Å². The monoisotopic (exact) mass is 332 g/mol. The molecular formula is C17H11F3N2S. The van der Waals surface area contributed by atoms with Crippen molar-refractivity contribution in [3.8, 4) is 22.4 Å². The number of aromatic amines is 1. The Bertz CT molecular complexity index is 900. The highest BCUT2D eigenvalue weighted by molar-refractivity contribution is 7.71. The van der Waals surface area contributed by atoms with Gasteiger partial charge in [-0.1, -0.05) is 36.4 Å². The van der Waals surface area contributed by atoms with Gasteiger partial charge in [-0.25, -0.2) is 4.98 Å². The first-order chi connectivity index (χ1) is 10.9. The molecule has 0 saturated carbocycles. The average molecular weight is 332 g/mol. The quantitative estimate of drug-likeness (QED) is 0.628. The van der Waals surface area contributed by atoms with Crippen molar-refractivity contribution in [2.75, 3.05) is 0 Å². The van der Waals surface area contributed by atoms with Crippen LogP contribution in [0.2, 0.25) is 0 Å². The van der Waals surface area contributed by atoms with E-state index in [1.165, 1.54) is 12.1 Å². The minimum atomic E-state index is -4.40. The third kappa shape index (κ3) is 3.32. The molecule has 3 aromatic rings. The predicted octanol–water partition coefficient (Wildman–Crippen LogP) is 5.49. The Balaban J connectivity index is 2.13. The van der Waals surface area contributed by atoms with Crippen LogP contribution in [-0.2, 0) is 6.18 Å². The standard InChI is InChI=1S/C17H11F3N2S/c18-17(19,20)14-7-2-1-6-13(14)11-4-3-5-12(10-11)15-8-9-21-16(23)22-15/h1-10H,(H,21,22,23). The van der Waals surface area contributed by atoms with Crippen LogP contribution in [0.1, 0.15) is 5.56 Å². The summed E-state index contributed by atoms with van der Waals surface area (Å²) in [5.41, 5.74) is 1.44. The molecule has 2 nitrogen and oxygen atoms in total. The Morgan fingerprint density at radius 3 is 2.39 bits per heavy atom. The van der Waals surface area contributed by atoms with Crippen LogP contribution in [0, 0.1) is 4.77 Å². The maximum absolute atomic E-state index is 13.2. The molecule has 0 fully saturated rings. The fourth-order valence-electron chi connectivity index (χ4n) is 2.37. The molecule has 1 heterocycles. The molecule has 116 valence electrons. The zero-order chi connectivity index (χ0) is 16.4. The second-order valence-corrected chi connectivity index (χ2v) is 5.30. The third-order valence-electron chi connectivity index (χ3n) is 3.39. The summed E-state index contributed by atoms with van der Waals surface area (Å²) in [6.07, 6.45) is -2.84. The lowest BCUT2D eigenvalue weighted by Crippen LogP contribution is -2.06. The summed E-state index contributed by atoms with van der Waals surface area (Å²) in [6.45, 7) is 0. The topological polar surface area (TPSA) is 28.7 Å². The average Bonchev–Trinajstić information content (AvgIpc) is 2.54. The Morgan fingerprint density at radius 2 is 1.65 bits per heavy atom. The predicted molar refractivity (Wildman–Crippen MR) is 85.3 cm³/mol. The SMILES string of the molecule is FC(F)(F)c1ccccc1-c1cccc(-c2ccnc(=S)[nH]2)c1. The lowest BCUT2D eigenvalue weighted by molar-refractivity contribution is -0.137. The van der Waals surface area contributed by atoms with Gasteiger partial charge in [0, 0.05) is 11.9 Å². The second kappa shape index (κ2) is 5.96. The first-order valence-electron chi connectivity index (χ1n) is 6.77. The van der Waals surface area contributed by atoms with E-state index in [2.05, 4.69) is 9.97 Å². The number of rotatable bonds is 2. The first-order valence-corrected chi connectivity index (χ1v) is 7.18. The summed E-state index contributed by atoms with van der Waals surface area (Å²) in [7, 11) is 0. The van der Waals surface area contributed by atoms with Gasteiger partial charge in [0.2, 0.25) is 0 Å². The summed E-state index contributed by atoms with van der Waals surface area (Å²) in [5.74, 6) is 0. The number of aromatic nitrogens is 2. The van der Waals surface area contributed by atoms with Gasteiger partial charge < -0.3 is 4.98 Å². The van der Waals surface area contributed by atoms with E-state index >= 15 is 0 Å². The summed E-state index contributed by atoms with van der Waals surface area (Å²) >= 11 is 4.98. The minimum absolute atomic E-state index is 0.148. The van der Waals surface area contributed by atoms with E-state index in [0.29, 0.717) is 16.0 Å². The van der Waals surface area contributed by atoms with E-state index < -0.39 is 11.7 Å². The molecule has 0 bridgehead atoms. The van der Waals surface area contributed by atoms with Gasteiger partial charge >= 0.3 is 6.18 Å². The molecule has 3 rings (SSSR count). The molecule has 0 spiro atoms. The number of hydrogen-bond donors (Lipinski definition) is 1. The fraction of sp³-hybridized carbons (Fsp3) is 0.0588. The van der Waals surface area contributed by atoms with Gasteiger partial charge in [0.15, 0.2) is 4.77 Å². The number of H-pyrrole nitrogens is 1. The molecule has 0 aliphatic heterocycles. The highest BCUT2D eigenvalue weighted by Gasteiger charge is 2.33. The van der Waals surface area contributed by atoms with Crippen molar-refractivity contribution in [1.29, 1.82) is 0 Å². The normalized spacial score (nSPS) is 11.4. The molecule has 0 amide bonds. The Kier molecular flexibility index (Phi) is 4.00. The molecule has 0 radical (unpaired) electrons. The maximum Gasteiger partial charge on any atom is 0.417 e. The number of nitrogens with zero attached hydrogens (tertiary/aromatic N) is 1. The van der Waals surface area contributed by atoms with Gasteiger partial charge in [-0.2, -0.15) is 13.2 Å². The second-order valence-electron chi connectivity index (χ2n) is 4.91. The Labute approximate surface area is 135 Å².